The zero-order valence-electron chi connectivity index (χ0n) is 12.4. The standard InChI is InChI=1S/C14H27N3O3/c1-12(6-5-7-13(18)19)16-14(20)15-8-11-17-9-3-2-4-10-17/h12H,2-11H2,1H3,(H,18,19)(H2,15,16,20). The normalized spacial score (nSPS) is 17.4. The average molecular weight is 285 g/mol. The maximum absolute atomic E-state index is 11.6. The van der Waals surface area contributed by atoms with E-state index in [9.17, 15) is 9.59 Å². The van der Waals surface area contributed by atoms with Gasteiger partial charge < -0.3 is 20.6 Å². The van der Waals surface area contributed by atoms with Gasteiger partial charge in [-0.2, -0.15) is 0 Å². The number of urea groups is 1. The van der Waals surface area contributed by atoms with Gasteiger partial charge in [-0.25, -0.2) is 4.79 Å². The lowest BCUT2D eigenvalue weighted by molar-refractivity contribution is -0.137. The fraction of sp³-hybridized carbons (Fsp3) is 0.857. The largest absolute Gasteiger partial charge is 0.481 e. The summed E-state index contributed by atoms with van der Waals surface area (Å²) in [6, 6.07) is -0.158. The van der Waals surface area contributed by atoms with Gasteiger partial charge in [0, 0.05) is 25.6 Å². The minimum absolute atomic E-state index is 0.00402. The van der Waals surface area contributed by atoms with Crippen molar-refractivity contribution >= 4 is 12.0 Å². The zero-order valence-corrected chi connectivity index (χ0v) is 12.4. The molecule has 1 rings (SSSR count). The molecule has 0 aromatic heterocycles. The second-order valence-corrected chi connectivity index (χ2v) is 5.49. The van der Waals surface area contributed by atoms with Crippen LogP contribution in [-0.2, 0) is 4.79 Å². The van der Waals surface area contributed by atoms with Crippen LogP contribution in [0, 0.1) is 0 Å². The maximum Gasteiger partial charge on any atom is 0.315 e. The average Bonchev–Trinajstić information content (AvgIpc) is 2.39. The Labute approximate surface area is 120 Å². The minimum atomic E-state index is -0.789. The predicted molar refractivity (Wildman–Crippen MR) is 77.8 cm³/mol. The van der Waals surface area contributed by atoms with E-state index in [1.54, 1.807) is 0 Å². The van der Waals surface area contributed by atoms with Gasteiger partial charge in [0.2, 0.25) is 0 Å². The third-order valence-electron chi connectivity index (χ3n) is 3.57. The smallest absolute Gasteiger partial charge is 0.315 e. The van der Waals surface area contributed by atoms with Crippen LogP contribution >= 0.6 is 0 Å². The van der Waals surface area contributed by atoms with Crippen molar-refractivity contribution in [3.05, 3.63) is 0 Å². The molecular formula is C14H27N3O3. The quantitative estimate of drug-likeness (QED) is 0.630. The number of likely N-dealkylation sites (tertiary alicyclic amines) is 1. The molecule has 2 amide bonds. The molecule has 0 saturated carbocycles. The Kier molecular flexibility index (Phi) is 8.02. The van der Waals surface area contributed by atoms with Crippen molar-refractivity contribution in [2.24, 2.45) is 0 Å². The monoisotopic (exact) mass is 285 g/mol. The van der Waals surface area contributed by atoms with Gasteiger partial charge in [-0.15, -0.1) is 0 Å². The summed E-state index contributed by atoms with van der Waals surface area (Å²) in [7, 11) is 0. The Hall–Kier alpha value is -1.30. The Morgan fingerprint density at radius 3 is 2.60 bits per heavy atom. The van der Waals surface area contributed by atoms with Gasteiger partial charge in [0.25, 0.3) is 0 Å². The molecule has 0 spiro atoms. The number of nitrogens with zero attached hydrogens (tertiary/aromatic N) is 1. The molecule has 0 aromatic rings. The van der Waals surface area contributed by atoms with E-state index in [1.807, 2.05) is 6.92 Å². The zero-order chi connectivity index (χ0) is 14.8. The van der Waals surface area contributed by atoms with Gasteiger partial charge in [0.15, 0.2) is 0 Å². The van der Waals surface area contributed by atoms with Crippen LogP contribution in [0.3, 0.4) is 0 Å². The maximum atomic E-state index is 11.6. The summed E-state index contributed by atoms with van der Waals surface area (Å²) in [5.41, 5.74) is 0. The number of hydrogen-bond donors (Lipinski definition) is 3. The highest BCUT2D eigenvalue weighted by Crippen LogP contribution is 2.07. The van der Waals surface area contributed by atoms with Crippen LogP contribution in [0.4, 0.5) is 4.79 Å². The van der Waals surface area contributed by atoms with Crippen LogP contribution in [0.15, 0.2) is 0 Å². The molecule has 6 nitrogen and oxygen atoms in total. The van der Waals surface area contributed by atoms with Crippen LogP contribution in [0.25, 0.3) is 0 Å². The van der Waals surface area contributed by atoms with Crippen LogP contribution in [0.1, 0.15) is 45.4 Å². The van der Waals surface area contributed by atoms with Gasteiger partial charge in [-0.3, -0.25) is 4.79 Å². The van der Waals surface area contributed by atoms with Crippen molar-refractivity contribution in [2.45, 2.75) is 51.5 Å². The molecule has 6 heteroatoms. The Morgan fingerprint density at radius 1 is 1.25 bits per heavy atom. The van der Waals surface area contributed by atoms with E-state index < -0.39 is 5.97 Å². The first-order valence-corrected chi connectivity index (χ1v) is 7.56. The lowest BCUT2D eigenvalue weighted by atomic mass is 10.1. The molecule has 1 aliphatic rings. The van der Waals surface area contributed by atoms with Crippen molar-refractivity contribution in [3.63, 3.8) is 0 Å². The summed E-state index contributed by atoms with van der Waals surface area (Å²) in [4.78, 5) is 24.4. The third-order valence-corrected chi connectivity index (χ3v) is 3.57. The Balaban J connectivity index is 2.02. The summed E-state index contributed by atoms with van der Waals surface area (Å²) < 4.78 is 0. The summed E-state index contributed by atoms with van der Waals surface area (Å²) in [5.74, 6) is -0.789. The van der Waals surface area contributed by atoms with E-state index in [1.165, 1.54) is 19.3 Å². The second kappa shape index (κ2) is 9.58. The van der Waals surface area contributed by atoms with E-state index in [0.717, 1.165) is 19.6 Å². The van der Waals surface area contributed by atoms with Gasteiger partial charge in [0.05, 0.1) is 0 Å². The third kappa shape index (κ3) is 7.99. The molecule has 1 aliphatic heterocycles. The van der Waals surface area contributed by atoms with Crippen LogP contribution < -0.4 is 10.6 Å². The van der Waals surface area contributed by atoms with Crippen LogP contribution in [-0.4, -0.2) is 54.2 Å². The highest BCUT2D eigenvalue weighted by molar-refractivity contribution is 5.74. The van der Waals surface area contributed by atoms with Gasteiger partial charge >= 0.3 is 12.0 Å². The van der Waals surface area contributed by atoms with E-state index in [0.29, 0.717) is 19.4 Å². The van der Waals surface area contributed by atoms with Crippen molar-refractivity contribution in [1.29, 1.82) is 0 Å². The highest BCUT2D eigenvalue weighted by atomic mass is 16.4. The summed E-state index contributed by atoms with van der Waals surface area (Å²) >= 11 is 0. The van der Waals surface area contributed by atoms with E-state index in [2.05, 4.69) is 15.5 Å². The van der Waals surface area contributed by atoms with Crippen molar-refractivity contribution in [2.75, 3.05) is 26.2 Å². The molecule has 116 valence electrons. The van der Waals surface area contributed by atoms with Gasteiger partial charge in [-0.05, 0) is 45.7 Å². The number of carboxylic acids is 1. The number of carbonyl (C=O) groups excluding carboxylic acids is 1. The van der Waals surface area contributed by atoms with Crippen LogP contribution in [0.2, 0.25) is 0 Å². The number of amides is 2. The Morgan fingerprint density at radius 2 is 1.95 bits per heavy atom. The second-order valence-electron chi connectivity index (χ2n) is 5.49. The molecule has 0 aromatic carbocycles. The molecule has 0 bridgehead atoms. The van der Waals surface area contributed by atoms with E-state index in [-0.39, 0.29) is 18.5 Å². The first-order chi connectivity index (χ1) is 9.58. The number of nitrogens with one attached hydrogen (secondary N) is 2. The number of aliphatic carboxylic acids is 1. The van der Waals surface area contributed by atoms with Crippen molar-refractivity contribution in [3.8, 4) is 0 Å². The molecule has 0 radical (unpaired) electrons. The first kappa shape index (κ1) is 16.8. The molecule has 1 atom stereocenters. The molecule has 0 aliphatic carbocycles. The summed E-state index contributed by atoms with van der Waals surface area (Å²) in [5, 5.41) is 14.2. The number of carboxylic acid groups (broad SMARTS) is 1. The minimum Gasteiger partial charge on any atom is -0.481 e. The fourth-order valence-electron chi connectivity index (χ4n) is 2.42. The topological polar surface area (TPSA) is 81.7 Å². The summed E-state index contributed by atoms with van der Waals surface area (Å²) in [6.07, 6.45) is 5.26. The highest BCUT2D eigenvalue weighted by Gasteiger charge is 2.11. The number of carbonyl (C=O) groups is 2. The molecule has 1 heterocycles. The molecule has 1 unspecified atom stereocenters. The lowest BCUT2D eigenvalue weighted by Crippen LogP contribution is -2.44. The Bertz CT molecular complexity index is 304. The molecular weight excluding hydrogens is 258 g/mol. The summed E-state index contributed by atoms with van der Waals surface area (Å²) in [6.45, 7) is 5.73. The fourth-order valence-corrected chi connectivity index (χ4v) is 2.42. The predicted octanol–water partition coefficient (Wildman–Crippen LogP) is 1.41. The lowest BCUT2D eigenvalue weighted by Gasteiger charge is -2.26. The molecule has 1 saturated heterocycles. The molecule has 1 fully saturated rings. The van der Waals surface area contributed by atoms with Crippen molar-refractivity contribution < 1.29 is 14.7 Å². The molecule has 20 heavy (non-hydrogen) atoms. The van der Waals surface area contributed by atoms with E-state index >= 15 is 0 Å². The van der Waals surface area contributed by atoms with E-state index in [4.69, 9.17) is 5.11 Å². The molecule has 3 N–H and O–H groups in total. The van der Waals surface area contributed by atoms with Crippen LogP contribution in [0.5, 0.6) is 0 Å². The number of rotatable bonds is 8. The van der Waals surface area contributed by atoms with Crippen molar-refractivity contribution in [1.82, 2.24) is 15.5 Å². The van der Waals surface area contributed by atoms with Gasteiger partial charge in [0.1, 0.15) is 0 Å². The number of piperidine rings is 1. The SMILES string of the molecule is CC(CCCC(=O)O)NC(=O)NCCN1CCCCC1. The van der Waals surface area contributed by atoms with Gasteiger partial charge in [-0.1, -0.05) is 6.42 Å². The number of hydrogen-bond acceptors (Lipinski definition) is 3. The first-order valence-electron chi connectivity index (χ1n) is 7.56.